The fraction of sp³-hybridized carbons (Fsp3) is 0.714. The van der Waals surface area contributed by atoms with Gasteiger partial charge in [0.2, 0.25) is 0 Å². The predicted molar refractivity (Wildman–Crippen MR) is 99.1 cm³/mol. The van der Waals surface area contributed by atoms with Crippen LogP contribution in [0.5, 0.6) is 11.5 Å². The van der Waals surface area contributed by atoms with Crippen LogP contribution < -0.4 is 0 Å². The molecule has 2 nitrogen and oxygen atoms in total. The zero-order chi connectivity index (χ0) is 17.4. The molecule has 2 heteroatoms. The quantitative estimate of drug-likeness (QED) is 0.662. The molecule has 0 heterocycles. The van der Waals surface area contributed by atoms with E-state index < -0.39 is 0 Å². The molecule has 23 heavy (non-hydrogen) atoms. The van der Waals surface area contributed by atoms with Crippen molar-refractivity contribution in [3.8, 4) is 11.5 Å². The van der Waals surface area contributed by atoms with Gasteiger partial charge in [0.1, 0.15) is 0 Å². The fourth-order valence-corrected chi connectivity index (χ4v) is 3.08. The second-order valence-electron chi connectivity index (χ2n) is 7.04. The van der Waals surface area contributed by atoms with Crippen LogP contribution in [-0.2, 0) is 12.8 Å². The van der Waals surface area contributed by atoms with Crippen molar-refractivity contribution in [3.05, 3.63) is 23.3 Å². The lowest BCUT2D eigenvalue weighted by atomic mass is 9.74. The minimum atomic E-state index is 0.0209. The van der Waals surface area contributed by atoms with Crippen molar-refractivity contribution in [1.82, 2.24) is 0 Å². The Labute approximate surface area is 142 Å². The number of benzene rings is 1. The number of hydrogen-bond acceptors (Lipinski definition) is 2. The molecule has 0 saturated heterocycles. The molecule has 0 amide bonds. The molecule has 0 aromatic heterocycles. The molecule has 1 aromatic carbocycles. The molecule has 132 valence electrons. The van der Waals surface area contributed by atoms with Gasteiger partial charge in [-0.25, -0.2) is 0 Å². The van der Waals surface area contributed by atoms with E-state index in [1.54, 1.807) is 6.07 Å². The number of rotatable bonds is 3. The average Bonchev–Trinajstić information content (AvgIpc) is 3.34. The molecule has 1 saturated carbocycles. The Kier molecular flexibility index (Phi) is 8.51. The number of aromatic hydroxyl groups is 2. The second kappa shape index (κ2) is 9.85. The molecule has 0 unspecified atom stereocenters. The van der Waals surface area contributed by atoms with Crippen LogP contribution >= 0.6 is 0 Å². The van der Waals surface area contributed by atoms with Gasteiger partial charge in [0.15, 0.2) is 11.5 Å². The average molecular weight is 321 g/mol. The third kappa shape index (κ3) is 6.08. The second-order valence-corrected chi connectivity index (χ2v) is 7.04. The van der Waals surface area contributed by atoms with Gasteiger partial charge >= 0.3 is 0 Å². The van der Waals surface area contributed by atoms with E-state index in [1.165, 1.54) is 37.7 Å². The molecular formula is C21H36O2. The Morgan fingerprint density at radius 3 is 2.17 bits per heavy atom. The molecule has 2 atom stereocenters. The van der Waals surface area contributed by atoms with Crippen molar-refractivity contribution in [2.24, 2.45) is 17.8 Å². The summed E-state index contributed by atoms with van der Waals surface area (Å²) in [7, 11) is 0. The van der Waals surface area contributed by atoms with Crippen molar-refractivity contribution in [3.63, 3.8) is 0 Å². The van der Waals surface area contributed by atoms with Gasteiger partial charge in [0.25, 0.3) is 0 Å². The van der Waals surface area contributed by atoms with Gasteiger partial charge in [0.05, 0.1) is 0 Å². The van der Waals surface area contributed by atoms with Gasteiger partial charge in [-0.3, -0.25) is 0 Å². The number of unbranched alkanes of at least 4 members (excludes halogenated alkanes) is 1. The third-order valence-electron chi connectivity index (χ3n) is 4.97. The molecule has 0 aliphatic heterocycles. The zero-order valence-electron chi connectivity index (χ0n) is 15.7. The Hall–Kier alpha value is -1.18. The molecule has 0 spiro atoms. The van der Waals surface area contributed by atoms with Gasteiger partial charge in [-0.05, 0) is 48.6 Å². The van der Waals surface area contributed by atoms with Crippen LogP contribution in [0.15, 0.2) is 12.1 Å². The summed E-state index contributed by atoms with van der Waals surface area (Å²) >= 11 is 0. The van der Waals surface area contributed by atoms with E-state index in [-0.39, 0.29) is 11.5 Å². The van der Waals surface area contributed by atoms with Crippen LogP contribution in [0.2, 0.25) is 0 Å². The lowest BCUT2D eigenvalue weighted by Crippen LogP contribution is -2.23. The number of phenolic OH excluding ortho intramolecular Hbond substituents is 2. The molecule has 2 N–H and O–H groups in total. The van der Waals surface area contributed by atoms with Crippen LogP contribution in [0.25, 0.3) is 0 Å². The number of fused-ring (bicyclic) bond motifs is 1. The summed E-state index contributed by atoms with van der Waals surface area (Å²) in [6.45, 7) is 10.8. The van der Waals surface area contributed by atoms with Crippen LogP contribution in [0.4, 0.5) is 0 Å². The summed E-state index contributed by atoms with van der Waals surface area (Å²) in [6.07, 6.45) is 8.62. The summed E-state index contributed by atoms with van der Waals surface area (Å²) in [5.74, 6) is 2.54. The van der Waals surface area contributed by atoms with Crippen molar-refractivity contribution >= 4 is 0 Å². The SMILES string of the molecule is CC.CC1CC1.CCCC[C@@H]1Cc2c(ccc(O)c2O)C[C@H]1C. The number of phenols is 2. The van der Waals surface area contributed by atoms with E-state index in [1.807, 2.05) is 19.9 Å². The summed E-state index contributed by atoms with van der Waals surface area (Å²) < 4.78 is 0. The Morgan fingerprint density at radius 1 is 1.04 bits per heavy atom. The van der Waals surface area contributed by atoms with Crippen molar-refractivity contribution in [1.29, 1.82) is 0 Å². The first-order valence-corrected chi connectivity index (χ1v) is 9.55. The van der Waals surface area contributed by atoms with E-state index in [0.717, 1.165) is 24.3 Å². The molecular weight excluding hydrogens is 284 g/mol. The molecule has 0 radical (unpaired) electrons. The standard InChI is InChI=1S/C15H22O2.C4H8.C2H6/c1-3-4-5-11-9-13-12(8-10(11)2)6-7-14(16)15(13)17;1-4-2-3-4;1-2/h6-7,10-11,16-17H,3-5,8-9H2,1-2H3;4H,2-3H2,1H3;1-2H3/t10-,11-;;/m1../s1. The highest BCUT2D eigenvalue weighted by Crippen LogP contribution is 2.40. The van der Waals surface area contributed by atoms with Crippen molar-refractivity contribution in [2.75, 3.05) is 0 Å². The largest absolute Gasteiger partial charge is 0.504 e. The molecule has 3 rings (SSSR count). The van der Waals surface area contributed by atoms with E-state index in [4.69, 9.17) is 0 Å². The molecule has 1 fully saturated rings. The highest BCUT2D eigenvalue weighted by molar-refractivity contribution is 5.50. The van der Waals surface area contributed by atoms with Crippen LogP contribution in [-0.4, -0.2) is 10.2 Å². The monoisotopic (exact) mass is 320 g/mol. The summed E-state index contributed by atoms with van der Waals surface area (Å²) in [6, 6.07) is 3.56. The van der Waals surface area contributed by atoms with Crippen molar-refractivity contribution < 1.29 is 10.2 Å². The Morgan fingerprint density at radius 2 is 1.65 bits per heavy atom. The lowest BCUT2D eigenvalue weighted by Gasteiger charge is -2.31. The first kappa shape index (κ1) is 19.9. The van der Waals surface area contributed by atoms with Gasteiger partial charge in [0, 0.05) is 5.56 Å². The fourth-order valence-electron chi connectivity index (χ4n) is 3.08. The Balaban J connectivity index is 0.000000375. The lowest BCUT2D eigenvalue weighted by molar-refractivity contribution is 0.297. The van der Waals surface area contributed by atoms with Crippen LogP contribution in [0.3, 0.4) is 0 Å². The highest BCUT2D eigenvalue weighted by Gasteiger charge is 2.27. The van der Waals surface area contributed by atoms with E-state index in [9.17, 15) is 10.2 Å². The van der Waals surface area contributed by atoms with Gasteiger partial charge in [-0.1, -0.05) is 66.4 Å². The van der Waals surface area contributed by atoms with Gasteiger partial charge < -0.3 is 10.2 Å². The maximum atomic E-state index is 9.92. The number of hydrogen-bond donors (Lipinski definition) is 2. The zero-order valence-corrected chi connectivity index (χ0v) is 15.7. The highest BCUT2D eigenvalue weighted by atomic mass is 16.3. The minimum absolute atomic E-state index is 0.0209. The first-order valence-electron chi connectivity index (χ1n) is 9.55. The van der Waals surface area contributed by atoms with E-state index in [0.29, 0.717) is 11.8 Å². The molecule has 1 aromatic rings. The van der Waals surface area contributed by atoms with Crippen molar-refractivity contribution in [2.45, 2.75) is 79.6 Å². The smallest absolute Gasteiger partial charge is 0.160 e. The first-order chi connectivity index (χ1) is 11.0. The molecule has 2 aliphatic rings. The maximum absolute atomic E-state index is 9.92. The third-order valence-corrected chi connectivity index (χ3v) is 4.97. The van der Waals surface area contributed by atoms with Gasteiger partial charge in [-0.2, -0.15) is 0 Å². The normalized spacial score (nSPS) is 22.1. The maximum Gasteiger partial charge on any atom is 0.160 e. The molecule has 0 bridgehead atoms. The summed E-state index contributed by atoms with van der Waals surface area (Å²) in [5.41, 5.74) is 2.18. The molecule has 2 aliphatic carbocycles. The van der Waals surface area contributed by atoms with E-state index in [2.05, 4.69) is 20.8 Å². The van der Waals surface area contributed by atoms with Crippen LogP contribution in [0, 0.1) is 17.8 Å². The topological polar surface area (TPSA) is 40.5 Å². The summed E-state index contributed by atoms with van der Waals surface area (Å²) in [5, 5.41) is 19.5. The predicted octanol–water partition coefficient (Wildman–Crippen LogP) is 6.08. The van der Waals surface area contributed by atoms with E-state index >= 15 is 0 Å². The van der Waals surface area contributed by atoms with Crippen LogP contribution in [0.1, 0.15) is 77.8 Å². The minimum Gasteiger partial charge on any atom is -0.504 e. The van der Waals surface area contributed by atoms with Gasteiger partial charge in [-0.15, -0.1) is 0 Å². The summed E-state index contributed by atoms with van der Waals surface area (Å²) in [4.78, 5) is 0. The Bertz CT molecular complexity index is 463.